The third kappa shape index (κ3) is 4.79. The molecule has 0 radical (unpaired) electrons. The zero-order valence-electron chi connectivity index (χ0n) is 29.2. The maximum Gasteiger partial charge on any atom is 0.0978 e. The van der Waals surface area contributed by atoms with Gasteiger partial charge in [-0.3, -0.25) is 4.98 Å². The third-order valence-corrected chi connectivity index (χ3v) is 10.9. The van der Waals surface area contributed by atoms with Crippen LogP contribution in [0.3, 0.4) is 0 Å². The lowest BCUT2D eigenvalue weighted by atomic mass is 9.86. The molecule has 0 spiro atoms. The van der Waals surface area contributed by atoms with E-state index in [1.807, 2.05) is 12.3 Å². The molecule has 3 nitrogen and oxygen atoms in total. The Morgan fingerprint density at radius 2 is 0.889 bits per heavy atom. The highest BCUT2D eigenvalue weighted by Gasteiger charge is 2.19. The summed E-state index contributed by atoms with van der Waals surface area (Å²) >= 11 is 0. The summed E-state index contributed by atoms with van der Waals surface area (Å²) in [5.41, 5.74) is 13.0. The molecule has 11 rings (SSSR count). The molecule has 8 aromatic carbocycles. The molecule has 0 saturated carbocycles. The van der Waals surface area contributed by atoms with Gasteiger partial charge in [0.15, 0.2) is 0 Å². The van der Waals surface area contributed by atoms with E-state index in [1.54, 1.807) is 0 Å². The van der Waals surface area contributed by atoms with Crippen molar-refractivity contribution < 1.29 is 0 Å². The predicted molar refractivity (Wildman–Crippen MR) is 227 cm³/mol. The second-order valence-electron chi connectivity index (χ2n) is 13.9. The maximum atomic E-state index is 5.52. The zero-order valence-corrected chi connectivity index (χ0v) is 29.2. The number of pyridine rings is 3. The molecule has 0 saturated heterocycles. The van der Waals surface area contributed by atoms with Crippen molar-refractivity contribution in [1.29, 1.82) is 0 Å². The molecule has 0 aliphatic rings. The summed E-state index contributed by atoms with van der Waals surface area (Å²) in [5.74, 6) is 0. The van der Waals surface area contributed by atoms with Crippen molar-refractivity contribution in [1.82, 2.24) is 15.0 Å². The van der Waals surface area contributed by atoms with Gasteiger partial charge < -0.3 is 0 Å². The van der Waals surface area contributed by atoms with E-state index in [0.29, 0.717) is 0 Å². The van der Waals surface area contributed by atoms with Crippen LogP contribution in [0.2, 0.25) is 0 Å². The molecule has 3 heterocycles. The normalized spacial score (nSPS) is 11.7. The van der Waals surface area contributed by atoms with Crippen molar-refractivity contribution in [3.8, 4) is 44.6 Å². The molecule has 3 heteroatoms. The molecule has 54 heavy (non-hydrogen) atoms. The Morgan fingerprint density at radius 1 is 0.296 bits per heavy atom. The number of hydrogen-bond acceptors (Lipinski definition) is 3. The van der Waals surface area contributed by atoms with E-state index in [4.69, 9.17) is 9.97 Å². The third-order valence-electron chi connectivity index (χ3n) is 10.9. The van der Waals surface area contributed by atoms with Crippen LogP contribution in [0.1, 0.15) is 0 Å². The first-order chi connectivity index (χ1) is 26.8. The maximum absolute atomic E-state index is 5.52. The number of para-hydroxylation sites is 1. The molecule has 3 aromatic heterocycles. The first kappa shape index (κ1) is 30.4. The smallest absolute Gasteiger partial charge is 0.0978 e. The van der Waals surface area contributed by atoms with Crippen molar-refractivity contribution in [3.05, 3.63) is 188 Å². The molecular weight excluding hydrogens is 655 g/mol. The van der Waals surface area contributed by atoms with Crippen LogP contribution in [0.25, 0.3) is 110 Å². The van der Waals surface area contributed by atoms with Crippen LogP contribution < -0.4 is 0 Å². The number of rotatable bonds is 4. The summed E-state index contributed by atoms with van der Waals surface area (Å²) in [4.78, 5) is 15.3. The van der Waals surface area contributed by atoms with Crippen LogP contribution in [0.4, 0.5) is 0 Å². The Hall–Kier alpha value is -7.23. The standard InChI is InChI=1S/C51H31N3/c1-2-11-33(12-3-1)48-42-18-8-9-19-45(42)53-51-43(48)27-24-35-25-29-46(54-50(35)51)49-40-16-6-4-14-38(40)47(39-15-5-7-17-41(39)49)34-22-20-32(21-23-34)36-26-28-44-37(31-36)13-10-30-52-44/h1-31H. The molecule has 0 unspecified atom stereocenters. The first-order valence-corrected chi connectivity index (χ1v) is 18.4. The SMILES string of the molecule is c1ccc(-c2c3ccccc3nc3c2ccc2ccc(-c4c5ccccc5c(-c5ccc(-c6ccc7ncccc7c6)cc5)c5ccccc45)nc23)cc1. The van der Waals surface area contributed by atoms with Crippen molar-refractivity contribution in [2.45, 2.75) is 0 Å². The second-order valence-corrected chi connectivity index (χ2v) is 13.9. The highest BCUT2D eigenvalue weighted by Crippen LogP contribution is 2.44. The van der Waals surface area contributed by atoms with Crippen molar-refractivity contribution >= 4 is 65.2 Å². The second kappa shape index (κ2) is 12.2. The van der Waals surface area contributed by atoms with Gasteiger partial charge in [0.05, 0.1) is 27.8 Å². The van der Waals surface area contributed by atoms with Crippen LogP contribution >= 0.6 is 0 Å². The van der Waals surface area contributed by atoms with Gasteiger partial charge in [-0.05, 0) is 79.7 Å². The topological polar surface area (TPSA) is 38.7 Å². The number of benzene rings is 8. The lowest BCUT2D eigenvalue weighted by molar-refractivity contribution is 1.40. The first-order valence-electron chi connectivity index (χ1n) is 18.4. The van der Waals surface area contributed by atoms with E-state index in [2.05, 4.69) is 181 Å². The number of hydrogen-bond donors (Lipinski definition) is 0. The Labute approximate surface area is 311 Å². The lowest BCUT2D eigenvalue weighted by Crippen LogP contribution is -1.95. The number of aromatic nitrogens is 3. The molecule has 0 atom stereocenters. The van der Waals surface area contributed by atoms with E-state index in [0.717, 1.165) is 54.9 Å². The van der Waals surface area contributed by atoms with Gasteiger partial charge in [0, 0.05) is 38.9 Å². The van der Waals surface area contributed by atoms with Crippen LogP contribution in [0.5, 0.6) is 0 Å². The van der Waals surface area contributed by atoms with Gasteiger partial charge in [-0.1, -0.05) is 152 Å². The van der Waals surface area contributed by atoms with Gasteiger partial charge in [0.1, 0.15) is 0 Å². The summed E-state index contributed by atoms with van der Waals surface area (Å²) in [5, 5.41) is 9.20. The summed E-state index contributed by atoms with van der Waals surface area (Å²) in [6.45, 7) is 0. The number of fused-ring (bicyclic) bond motifs is 7. The molecule has 0 amide bonds. The highest BCUT2D eigenvalue weighted by molar-refractivity contribution is 6.22. The molecule has 0 N–H and O–H groups in total. The molecule has 11 aromatic rings. The minimum atomic E-state index is 0.908. The van der Waals surface area contributed by atoms with Crippen LogP contribution in [-0.2, 0) is 0 Å². The summed E-state index contributed by atoms with van der Waals surface area (Å²) < 4.78 is 0. The van der Waals surface area contributed by atoms with E-state index in [9.17, 15) is 0 Å². The van der Waals surface area contributed by atoms with E-state index >= 15 is 0 Å². The van der Waals surface area contributed by atoms with E-state index < -0.39 is 0 Å². The molecule has 250 valence electrons. The minimum Gasteiger partial charge on any atom is -0.256 e. The van der Waals surface area contributed by atoms with Crippen molar-refractivity contribution in [2.24, 2.45) is 0 Å². The van der Waals surface area contributed by atoms with Crippen molar-refractivity contribution in [3.63, 3.8) is 0 Å². The fraction of sp³-hybridized carbons (Fsp3) is 0. The van der Waals surface area contributed by atoms with Crippen molar-refractivity contribution in [2.75, 3.05) is 0 Å². The monoisotopic (exact) mass is 685 g/mol. The summed E-state index contributed by atoms with van der Waals surface area (Å²) in [6, 6.07) is 65.0. The van der Waals surface area contributed by atoms with Gasteiger partial charge in [-0.25, -0.2) is 9.97 Å². The summed E-state index contributed by atoms with van der Waals surface area (Å²) in [6.07, 6.45) is 1.84. The average molecular weight is 686 g/mol. The number of nitrogens with zero attached hydrogens (tertiary/aromatic N) is 3. The van der Waals surface area contributed by atoms with Gasteiger partial charge >= 0.3 is 0 Å². The van der Waals surface area contributed by atoms with Crippen LogP contribution in [0, 0.1) is 0 Å². The Kier molecular flexibility index (Phi) is 6.86. The predicted octanol–water partition coefficient (Wildman–Crippen LogP) is 13.5. The molecule has 0 aliphatic heterocycles. The zero-order chi connectivity index (χ0) is 35.6. The van der Waals surface area contributed by atoms with Gasteiger partial charge in [-0.15, -0.1) is 0 Å². The van der Waals surface area contributed by atoms with Crippen LogP contribution in [0.15, 0.2) is 188 Å². The molecule has 0 fully saturated rings. The summed E-state index contributed by atoms with van der Waals surface area (Å²) in [7, 11) is 0. The largest absolute Gasteiger partial charge is 0.256 e. The van der Waals surface area contributed by atoms with Gasteiger partial charge in [0.2, 0.25) is 0 Å². The van der Waals surface area contributed by atoms with Crippen LogP contribution in [-0.4, -0.2) is 15.0 Å². The van der Waals surface area contributed by atoms with E-state index in [1.165, 1.54) is 54.9 Å². The Balaban J connectivity index is 1.12. The molecular formula is C51H31N3. The average Bonchev–Trinajstić information content (AvgIpc) is 3.24. The quantitative estimate of drug-likeness (QED) is 0.137. The Morgan fingerprint density at radius 3 is 1.65 bits per heavy atom. The fourth-order valence-electron chi connectivity index (χ4n) is 8.39. The minimum absolute atomic E-state index is 0.908. The highest BCUT2D eigenvalue weighted by atomic mass is 14.8. The van der Waals surface area contributed by atoms with Gasteiger partial charge in [-0.2, -0.15) is 0 Å². The Bertz CT molecular complexity index is 3200. The molecule has 0 aliphatic carbocycles. The van der Waals surface area contributed by atoms with Gasteiger partial charge in [0.25, 0.3) is 0 Å². The van der Waals surface area contributed by atoms with E-state index in [-0.39, 0.29) is 0 Å². The lowest BCUT2D eigenvalue weighted by Gasteiger charge is -2.18. The molecule has 0 bridgehead atoms. The fourth-order valence-corrected chi connectivity index (χ4v) is 8.39.